The molecule has 184 valence electrons. The Morgan fingerprint density at radius 1 is 1.09 bits per heavy atom. The average molecular weight is 481 g/mol. The van der Waals surface area contributed by atoms with Gasteiger partial charge in [0.05, 0.1) is 25.9 Å². The fourth-order valence-electron chi connectivity index (χ4n) is 4.33. The number of hydrogen-bond acceptors (Lipinski definition) is 7. The summed E-state index contributed by atoms with van der Waals surface area (Å²) < 4.78 is 22.6. The van der Waals surface area contributed by atoms with Gasteiger partial charge in [0, 0.05) is 36.5 Å². The minimum atomic E-state index is -0.700. The van der Waals surface area contributed by atoms with Crippen LogP contribution in [0, 0.1) is 0 Å². The van der Waals surface area contributed by atoms with Gasteiger partial charge in [0.1, 0.15) is 12.2 Å². The number of nitrogens with zero attached hydrogens (tertiary/aromatic N) is 4. The van der Waals surface area contributed by atoms with Crippen LogP contribution in [-0.4, -0.2) is 62.4 Å². The van der Waals surface area contributed by atoms with Crippen LogP contribution in [0.4, 0.5) is 0 Å². The molecule has 2 aliphatic rings. The van der Waals surface area contributed by atoms with Gasteiger partial charge in [-0.1, -0.05) is 12.1 Å². The Labute approximate surface area is 203 Å². The zero-order valence-electron chi connectivity index (χ0n) is 19.6. The van der Waals surface area contributed by atoms with E-state index in [1.54, 1.807) is 12.1 Å². The van der Waals surface area contributed by atoms with Crippen LogP contribution in [0.25, 0.3) is 10.4 Å². The average Bonchev–Trinajstić information content (AvgIpc) is 3.31. The second-order valence-electron chi connectivity index (χ2n) is 8.53. The smallest absolute Gasteiger partial charge is 0.338 e. The van der Waals surface area contributed by atoms with Crippen LogP contribution in [0.3, 0.4) is 0 Å². The van der Waals surface area contributed by atoms with Gasteiger partial charge in [-0.05, 0) is 59.4 Å². The molecule has 1 amide bonds. The van der Waals surface area contributed by atoms with Crippen LogP contribution in [-0.2, 0) is 16.0 Å². The Balaban J connectivity index is 1.34. The van der Waals surface area contributed by atoms with E-state index < -0.39 is 5.91 Å². The summed E-state index contributed by atoms with van der Waals surface area (Å²) in [5.74, 6) is -0.215. The second kappa shape index (κ2) is 11.7. The van der Waals surface area contributed by atoms with Gasteiger partial charge in [0.2, 0.25) is 5.91 Å². The van der Waals surface area contributed by atoms with Crippen LogP contribution in [0.5, 0.6) is 11.5 Å². The van der Waals surface area contributed by atoms with Crippen LogP contribution in [0.1, 0.15) is 45.5 Å². The Kier molecular flexibility index (Phi) is 8.20. The molecule has 2 aromatic rings. The van der Waals surface area contributed by atoms with E-state index in [-0.39, 0.29) is 23.7 Å². The molecule has 0 unspecified atom stereocenters. The molecule has 0 N–H and O–H groups in total. The van der Waals surface area contributed by atoms with Crippen molar-refractivity contribution in [3.8, 4) is 11.5 Å². The first-order chi connectivity index (χ1) is 17.1. The van der Waals surface area contributed by atoms with Gasteiger partial charge in [-0.25, -0.2) is 4.79 Å². The van der Waals surface area contributed by atoms with Crippen molar-refractivity contribution in [2.75, 3.05) is 33.4 Å². The summed E-state index contributed by atoms with van der Waals surface area (Å²) in [4.78, 5) is 29.5. The molecule has 10 heteroatoms. The van der Waals surface area contributed by atoms with Crippen molar-refractivity contribution < 1.29 is 28.5 Å². The fraction of sp³-hybridized carbons (Fsp3) is 0.440. The van der Waals surface area contributed by atoms with Gasteiger partial charge in [0.25, 0.3) is 0 Å². The quantitative estimate of drug-likeness (QED) is 0.241. The first-order valence-corrected chi connectivity index (χ1v) is 11.6. The van der Waals surface area contributed by atoms with Crippen LogP contribution < -0.4 is 9.47 Å². The molecule has 1 aliphatic heterocycles. The maximum Gasteiger partial charge on any atom is 0.338 e. The van der Waals surface area contributed by atoms with E-state index in [0.717, 1.165) is 38.4 Å². The lowest BCUT2D eigenvalue weighted by molar-refractivity contribution is 0.0290. The number of morpholine rings is 1. The lowest BCUT2D eigenvalue weighted by Gasteiger charge is -2.26. The summed E-state index contributed by atoms with van der Waals surface area (Å²) in [6.45, 7) is 3.99. The third-order valence-electron chi connectivity index (χ3n) is 6.12. The number of azide groups is 1. The number of benzene rings is 2. The molecule has 4 rings (SSSR count). The molecule has 2 aromatic carbocycles. The molecule has 0 radical (unpaired) electrons. The highest BCUT2D eigenvalue weighted by Crippen LogP contribution is 2.33. The molecular formula is C25H28N4O6. The van der Waals surface area contributed by atoms with E-state index in [1.807, 2.05) is 18.2 Å². The predicted octanol–water partition coefficient (Wildman–Crippen LogP) is 4.13. The first kappa shape index (κ1) is 24.5. The van der Waals surface area contributed by atoms with E-state index in [2.05, 4.69) is 14.9 Å². The number of hydrogen-bond donors (Lipinski definition) is 0. The van der Waals surface area contributed by atoms with Gasteiger partial charge in [0.15, 0.2) is 11.5 Å². The number of esters is 1. The fourth-order valence-corrected chi connectivity index (χ4v) is 4.33. The third-order valence-corrected chi connectivity index (χ3v) is 6.12. The van der Waals surface area contributed by atoms with Crippen LogP contribution in [0.2, 0.25) is 0 Å². The Morgan fingerprint density at radius 2 is 1.89 bits per heavy atom. The summed E-state index contributed by atoms with van der Waals surface area (Å²) in [5.41, 5.74) is 10.3. The van der Waals surface area contributed by atoms with Crippen LogP contribution >= 0.6 is 0 Å². The van der Waals surface area contributed by atoms with Gasteiger partial charge < -0.3 is 18.9 Å². The van der Waals surface area contributed by atoms with Crippen molar-refractivity contribution in [3.63, 3.8) is 0 Å². The lowest BCUT2D eigenvalue weighted by atomic mass is 10.1. The lowest BCUT2D eigenvalue weighted by Crippen LogP contribution is -2.35. The highest BCUT2D eigenvalue weighted by Gasteiger charge is 2.30. The Bertz CT molecular complexity index is 1110. The number of carbonyl (C=O) groups is 2. The first-order valence-electron chi connectivity index (χ1n) is 11.6. The summed E-state index contributed by atoms with van der Waals surface area (Å²) in [6.07, 6.45) is 1.40. The monoisotopic (exact) mass is 480 g/mol. The summed E-state index contributed by atoms with van der Waals surface area (Å²) >= 11 is 0. The Morgan fingerprint density at radius 3 is 2.66 bits per heavy atom. The van der Waals surface area contributed by atoms with Gasteiger partial charge in [-0.3, -0.25) is 9.69 Å². The maximum absolute atomic E-state index is 12.8. The van der Waals surface area contributed by atoms with Crippen LogP contribution in [0.15, 0.2) is 47.6 Å². The number of methoxy groups -OCH3 is 1. The van der Waals surface area contributed by atoms with E-state index in [0.29, 0.717) is 36.3 Å². The molecule has 2 atom stereocenters. The molecule has 10 nitrogen and oxygen atoms in total. The number of carbonyl (C=O) groups excluding carboxylic acids is 2. The summed E-state index contributed by atoms with van der Waals surface area (Å²) in [7, 11) is 1.50. The van der Waals surface area contributed by atoms with Crippen molar-refractivity contribution in [1.29, 1.82) is 0 Å². The molecule has 0 bridgehead atoms. The highest BCUT2D eigenvalue weighted by atomic mass is 16.6. The number of ether oxygens (including phenoxy) is 4. The van der Waals surface area contributed by atoms with Crippen molar-refractivity contribution in [1.82, 2.24) is 4.90 Å². The van der Waals surface area contributed by atoms with Gasteiger partial charge >= 0.3 is 5.97 Å². The van der Waals surface area contributed by atoms with E-state index in [4.69, 9.17) is 24.5 Å². The molecule has 35 heavy (non-hydrogen) atoms. The summed E-state index contributed by atoms with van der Waals surface area (Å²) in [5, 5.41) is 3.12. The summed E-state index contributed by atoms with van der Waals surface area (Å²) in [6, 6.07) is 12.1. The third kappa shape index (κ3) is 6.51. The van der Waals surface area contributed by atoms with E-state index >= 15 is 0 Å². The van der Waals surface area contributed by atoms with Crippen molar-refractivity contribution >= 4 is 11.9 Å². The topological polar surface area (TPSA) is 123 Å². The molecule has 1 saturated heterocycles. The minimum Gasteiger partial charge on any atom is -0.493 e. The second-order valence-corrected chi connectivity index (χ2v) is 8.53. The largest absolute Gasteiger partial charge is 0.493 e. The van der Waals surface area contributed by atoms with Gasteiger partial charge in [-0.2, -0.15) is 0 Å². The SMILES string of the molecule is COc1ccc(C(=O)N=[N+]=[N-])cc1O[C@@H]1CC[C@H](OC(=O)c2cccc(CN3CCOCC3)c2)C1. The molecule has 1 aliphatic carbocycles. The van der Waals surface area contributed by atoms with Crippen molar-refractivity contribution in [2.45, 2.75) is 38.0 Å². The molecule has 1 heterocycles. The maximum atomic E-state index is 12.8. The van der Waals surface area contributed by atoms with Gasteiger partial charge in [-0.15, -0.1) is 0 Å². The number of rotatable bonds is 8. The molecular weight excluding hydrogens is 452 g/mol. The van der Waals surface area contributed by atoms with E-state index in [9.17, 15) is 9.59 Å². The zero-order chi connectivity index (χ0) is 24.6. The normalized spacial score (nSPS) is 20.0. The highest BCUT2D eigenvalue weighted by molar-refractivity contribution is 5.95. The molecule has 0 aromatic heterocycles. The molecule has 2 fully saturated rings. The van der Waals surface area contributed by atoms with E-state index in [1.165, 1.54) is 19.2 Å². The molecule has 0 spiro atoms. The number of amides is 1. The van der Waals surface area contributed by atoms with Crippen molar-refractivity contribution in [2.24, 2.45) is 5.11 Å². The molecule has 1 saturated carbocycles. The predicted molar refractivity (Wildman–Crippen MR) is 126 cm³/mol. The Hall–Kier alpha value is -3.59. The minimum absolute atomic E-state index is 0.205. The standard InChI is InChI=1S/C25H28N4O6/c1-32-22-8-5-18(24(30)27-28-26)14-23(22)34-20-6-7-21(15-20)35-25(31)19-4-2-3-17(13-19)16-29-9-11-33-12-10-29/h2-5,8,13-14,20-21H,6-7,9-12,15-16H2,1H3/t20-,21+/m1/s1. The van der Waals surface area contributed by atoms with Crippen molar-refractivity contribution in [3.05, 3.63) is 69.6 Å². The zero-order valence-corrected chi connectivity index (χ0v) is 19.6.